The van der Waals surface area contributed by atoms with Crippen LogP contribution in [0, 0.1) is 30.1 Å². The van der Waals surface area contributed by atoms with Crippen LogP contribution >= 0.6 is 15.9 Å². The number of hydrogen-bond acceptors (Lipinski definition) is 3. The zero-order chi connectivity index (χ0) is 20.9. The first kappa shape index (κ1) is 20.5. The van der Waals surface area contributed by atoms with Gasteiger partial charge in [-0.1, -0.05) is 22.0 Å². The fourth-order valence-electron chi connectivity index (χ4n) is 7.14. The Morgan fingerprint density at radius 2 is 1.87 bits per heavy atom. The van der Waals surface area contributed by atoms with E-state index in [1.165, 1.54) is 38.5 Å². The number of aromatic nitrogens is 1. The van der Waals surface area contributed by atoms with Gasteiger partial charge in [0.2, 0.25) is 11.8 Å². The number of hydrogen-bond donors (Lipinski definition) is 1. The van der Waals surface area contributed by atoms with Crippen LogP contribution in [0.15, 0.2) is 18.3 Å². The minimum atomic E-state index is -0.0393. The Bertz CT molecular complexity index is 817. The van der Waals surface area contributed by atoms with Crippen LogP contribution in [-0.2, 0) is 9.59 Å². The summed E-state index contributed by atoms with van der Waals surface area (Å²) in [4.78, 5) is 32.1. The maximum absolute atomic E-state index is 13.2. The van der Waals surface area contributed by atoms with E-state index in [-0.39, 0.29) is 17.2 Å². The number of nitrogens with zero attached hydrogens (tertiary/aromatic N) is 2. The summed E-state index contributed by atoms with van der Waals surface area (Å²) >= 11 is 4.06. The molecule has 4 bridgehead atoms. The molecule has 0 spiro atoms. The van der Waals surface area contributed by atoms with Gasteiger partial charge in [-0.15, -0.1) is 0 Å². The van der Waals surface area contributed by atoms with Crippen molar-refractivity contribution in [2.75, 3.05) is 18.4 Å². The molecule has 1 aromatic heterocycles. The van der Waals surface area contributed by atoms with Gasteiger partial charge < -0.3 is 10.2 Å². The van der Waals surface area contributed by atoms with Crippen molar-refractivity contribution in [3.05, 3.63) is 23.9 Å². The number of carbonyl (C=O) groups is 2. The van der Waals surface area contributed by atoms with Gasteiger partial charge in [0.15, 0.2) is 0 Å². The van der Waals surface area contributed by atoms with Gasteiger partial charge >= 0.3 is 0 Å². The van der Waals surface area contributed by atoms with Gasteiger partial charge in [0.1, 0.15) is 5.82 Å². The Hall–Kier alpha value is -1.43. The highest BCUT2D eigenvalue weighted by atomic mass is 79.9. The van der Waals surface area contributed by atoms with E-state index in [1.807, 2.05) is 24.0 Å². The van der Waals surface area contributed by atoms with Crippen LogP contribution in [0.1, 0.15) is 63.4 Å². The maximum Gasteiger partial charge on any atom is 0.228 e. The normalized spacial score (nSPS) is 35.5. The second-order valence-corrected chi connectivity index (χ2v) is 12.3. The zero-order valence-corrected chi connectivity index (χ0v) is 19.4. The lowest BCUT2D eigenvalue weighted by Crippen LogP contribution is -2.54. The predicted octanol–water partition coefficient (Wildman–Crippen LogP) is 4.69. The minimum Gasteiger partial charge on any atom is -0.343 e. The number of carbonyl (C=O) groups excluding carboxylic acids is 2. The molecule has 1 saturated heterocycles. The summed E-state index contributed by atoms with van der Waals surface area (Å²) in [6, 6.07) is 3.79. The van der Waals surface area contributed by atoms with Gasteiger partial charge in [0.25, 0.3) is 0 Å². The third-order valence-electron chi connectivity index (χ3n) is 8.02. The number of rotatable bonds is 4. The van der Waals surface area contributed by atoms with E-state index >= 15 is 0 Å². The fourth-order valence-corrected chi connectivity index (χ4v) is 8.65. The van der Waals surface area contributed by atoms with Crippen LogP contribution < -0.4 is 5.32 Å². The number of likely N-dealkylation sites (tertiary alicyclic amines) is 1. The average Bonchev–Trinajstić information content (AvgIpc) is 2.67. The lowest BCUT2D eigenvalue weighted by atomic mass is 9.48. The summed E-state index contributed by atoms with van der Waals surface area (Å²) in [7, 11) is 0. The highest BCUT2D eigenvalue weighted by Gasteiger charge is 2.57. The summed E-state index contributed by atoms with van der Waals surface area (Å²) in [5.41, 5.74) is 1.29. The number of piperidine rings is 1. The molecular formula is C24H32BrN3O2. The summed E-state index contributed by atoms with van der Waals surface area (Å²) in [6.07, 6.45) is 11.6. The molecule has 2 heterocycles. The lowest BCUT2D eigenvalue weighted by molar-refractivity contribution is -0.141. The smallest absolute Gasteiger partial charge is 0.228 e. The van der Waals surface area contributed by atoms with Crippen LogP contribution in [0.2, 0.25) is 0 Å². The van der Waals surface area contributed by atoms with Crippen molar-refractivity contribution < 1.29 is 9.59 Å². The molecule has 0 radical (unpaired) electrons. The molecule has 1 aliphatic heterocycles. The van der Waals surface area contributed by atoms with Crippen molar-refractivity contribution in [2.45, 2.75) is 69.0 Å². The lowest BCUT2D eigenvalue weighted by Gasteiger charge is -2.60. The van der Waals surface area contributed by atoms with Crippen molar-refractivity contribution in [3.63, 3.8) is 0 Å². The molecule has 5 nitrogen and oxygen atoms in total. The summed E-state index contributed by atoms with van der Waals surface area (Å²) in [6.45, 7) is 3.37. The first-order valence-corrected chi connectivity index (χ1v) is 12.3. The van der Waals surface area contributed by atoms with Crippen LogP contribution in [0.5, 0.6) is 0 Å². The number of aryl methyl sites for hydroxylation is 1. The summed E-state index contributed by atoms with van der Waals surface area (Å²) in [5, 5.41) is 2.93. The third-order valence-corrected chi connectivity index (χ3v) is 8.95. The Labute approximate surface area is 187 Å². The van der Waals surface area contributed by atoms with E-state index in [4.69, 9.17) is 0 Å². The summed E-state index contributed by atoms with van der Waals surface area (Å²) < 4.78 is 0.298. The van der Waals surface area contributed by atoms with Gasteiger partial charge in [-0.05, 0) is 87.2 Å². The SMILES string of the molecule is Cc1ccc(NC(=O)C2CCN(C(=O)CC34CC5CC(CC(Br)(C5)C3)C4)CC2)nc1. The molecule has 6 rings (SSSR count). The summed E-state index contributed by atoms with van der Waals surface area (Å²) in [5.74, 6) is 2.52. The Morgan fingerprint density at radius 3 is 2.47 bits per heavy atom. The molecule has 4 saturated carbocycles. The molecule has 5 aliphatic rings. The monoisotopic (exact) mass is 473 g/mol. The molecule has 2 atom stereocenters. The number of halogens is 1. The van der Waals surface area contributed by atoms with Crippen LogP contribution in [-0.4, -0.2) is 39.1 Å². The van der Waals surface area contributed by atoms with Crippen molar-refractivity contribution in [1.82, 2.24) is 9.88 Å². The van der Waals surface area contributed by atoms with E-state index in [1.54, 1.807) is 6.20 Å². The molecule has 1 N–H and O–H groups in total. The molecule has 0 aromatic carbocycles. The minimum absolute atomic E-state index is 0.0285. The first-order chi connectivity index (χ1) is 14.3. The quantitative estimate of drug-likeness (QED) is 0.644. The first-order valence-electron chi connectivity index (χ1n) is 11.5. The molecule has 5 fully saturated rings. The molecule has 30 heavy (non-hydrogen) atoms. The number of anilines is 1. The molecule has 6 heteroatoms. The average molecular weight is 474 g/mol. The van der Waals surface area contributed by atoms with Gasteiger partial charge in [0.05, 0.1) is 0 Å². The van der Waals surface area contributed by atoms with Gasteiger partial charge in [-0.3, -0.25) is 9.59 Å². The van der Waals surface area contributed by atoms with Crippen LogP contribution in [0.25, 0.3) is 0 Å². The molecule has 4 aliphatic carbocycles. The fraction of sp³-hybridized carbons (Fsp3) is 0.708. The molecule has 1 aromatic rings. The third kappa shape index (κ3) is 4.04. The molecule has 2 amide bonds. The maximum atomic E-state index is 13.2. The Kier molecular flexibility index (Phi) is 5.19. The van der Waals surface area contributed by atoms with Gasteiger partial charge in [-0.25, -0.2) is 4.98 Å². The van der Waals surface area contributed by atoms with Crippen molar-refractivity contribution in [3.8, 4) is 0 Å². The van der Waals surface area contributed by atoms with Gasteiger partial charge in [0, 0.05) is 35.9 Å². The Morgan fingerprint density at radius 1 is 1.17 bits per heavy atom. The van der Waals surface area contributed by atoms with E-state index in [0.717, 1.165) is 30.2 Å². The van der Waals surface area contributed by atoms with Crippen molar-refractivity contribution in [2.24, 2.45) is 23.2 Å². The second kappa shape index (κ2) is 7.61. The number of amides is 2. The van der Waals surface area contributed by atoms with Crippen LogP contribution in [0.4, 0.5) is 5.82 Å². The molecule has 2 unspecified atom stereocenters. The van der Waals surface area contributed by atoms with Crippen molar-refractivity contribution in [1.29, 1.82) is 0 Å². The van der Waals surface area contributed by atoms with E-state index in [9.17, 15) is 9.59 Å². The largest absolute Gasteiger partial charge is 0.343 e. The predicted molar refractivity (Wildman–Crippen MR) is 120 cm³/mol. The molecule has 162 valence electrons. The standard InChI is InChI=1S/C24H32BrN3O2/c1-16-2-3-20(26-14-16)27-22(30)19-4-6-28(7-5-19)21(29)13-23-9-17-8-18(10-23)12-24(25,11-17)15-23/h2-3,14,17-19H,4-13,15H2,1H3,(H,26,27,30). The van der Waals surface area contributed by atoms with E-state index in [2.05, 4.69) is 26.2 Å². The molecular weight excluding hydrogens is 442 g/mol. The number of nitrogens with one attached hydrogen (secondary N) is 1. The number of alkyl halides is 1. The van der Waals surface area contributed by atoms with Crippen molar-refractivity contribution >= 4 is 33.6 Å². The van der Waals surface area contributed by atoms with E-state index < -0.39 is 0 Å². The second-order valence-electron chi connectivity index (χ2n) is 10.7. The highest BCUT2D eigenvalue weighted by Crippen LogP contribution is 2.65. The number of pyridine rings is 1. The topological polar surface area (TPSA) is 62.3 Å². The van der Waals surface area contributed by atoms with Crippen LogP contribution in [0.3, 0.4) is 0 Å². The van der Waals surface area contributed by atoms with E-state index in [0.29, 0.717) is 35.6 Å². The highest BCUT2D eigenvalue weighted by molar-refractivity contribution is 9.10. The zero-order valence-electron chi connectivity index (χ0n) is 17.8. The van der Waals surface area contributed by atoms with Gasteiger partial charge in [-0.2, -0.15) is 0 Å². The Balaban J connectivity index is 1.15.